The van der Waals surface area contributed by atoms with E-state index < -0.39 is 11.4 Å². The maximum Gasteiger partial charge on any atom is 0.309 e. The number of hydrogen-bond acceptors (Lipinski definition) is 4. The minimum absolute atomic E-state index is 0.342. The minimum atomic E-state index is -0.852. The van der Waals surface area contributed by atoms with Crippen molar-refractivity contribution in [3.8, 4) is 0 Å². The van der Waals surface area contributed by atoms with Gasteiger partial charge in [0.1, 0.15) is 12.1 Å². The predicted molar refractivity (Wildman–Crippen MR) is 51.6 cm³/mol. The maximum absolute atomic E-state index is 10.8. The van der Waals surface area contributed by atoms with Crippen LogP contribution < -0.4 is 5.73 Å². The predicted octanol–water partition coefficient (Wildman–Crippen LogP) is 0.712. The van der Waals surface area contributed by atoms with Gasteiger partial charge < -0.3 is 10.8 Å². The van der Waals surface area contributed by atoms with Crippen molar-refractivity contribution < 1.29 is 9.90 Å². The Balaban J connectivity index is 2.83. The summed E-state index contributed by atoms with van der Waals surface area (Å²) in [7, 11) is 0. The van der Waals surface area contributed by atoms with Gasteiger partial charge in [-0.05, 0) is 13.8 Å². The van der Waals surface area contributed by atoms with E-state index >= 15 is 0 Å². The number of hydrogen-bond donors (Lipinski definition) is 2. The summed E-state index contributed by atoms with van der Waals surface area (Å²) in [6.07, 6.45) is 1.68. The normalized spacial score (nSPS) is 11.3. The molecule has 76 valence electrons. The topological polar surface area (TPSA) is 89.1 Å². The lowest BCUT2D eigenvalue weighted by Crippen LogP contribution is -2.26. The molecule has 14 heavy (non-hydrogen) atoms. The van der Waals surface area contributed by atoms with Crippen molar-refractivity contribution in [3.05, 3.63) is 18.1 Å². The maximum atomic E-state index is 10.8. The van der Waals surface area contributed by atoms with Crippen LogP contribution in [0.15, 0.2) is 12.4 Å². The summed E-state index contributed by atoms with van der Waals surface area (Å²) in [5.41, 5.74) is 5.27. The van der Waals surface area contributed by atoms with E-state index in [9.17, 15) is 4.79 Å². The molecule has 3 N–H and O–H groups in total. The molecule has 5 nitrogen and oxygen atoms in total. The number of nitrogens with two attached hydrogens (primary N) is 1. The van der Waals surface area contributed by atoms with Gasteiger partial charge in [-0.15, -0.1) is 0 Å². The molecule has 0 spiro atoms. The smallest absolute Gasteiger partial charge is 0.309 e. The molecule has 0 aliphatic heterocycles. The summed E-state index contributed by atoms with van der Waals surface area (Å²) in [4.78, 5) is 18.5. The highest BCUT2D eigenvalue weighted by molar-refractivity contribution is 5.73. The van der Waals surface area contributed by atoms with E-state index in [1.807, 2.05) is 0 Å². The quantitative estimate of drug-likeness (QED) is 0.741. The van der Waals surface area contributed by atoms with Gasteiger partial charge in [-0.3, -0.25) is 4.79 Å². The monoisotopic (exact) mass is 195 g/mol. The van der Waals surface area contributed by atoms with Crippen LogP contribution in [0.25, 0.3) is 0 Å². The zero-order chi connectivity index (χ0) is 10.8. The molecule has 0 aliphatic carbocycles. The largest absolute Gasteiger partial charge is 0.481 e. The second kappa shape index (κ2) is 3.61. The van der Waals surface area contributed by atoms with E-state index in [1.54, 1.807) is 19.9 Å². The SMILES string of the molecule is CC(C)(Cc1cc(N)ncn1)C(=O)O. The van der Waals surface area contributed by atoms with Crippen LogP contribution in [-0.4, -0.2) is 21.0 Å². The summed E-state index contributed by atoms with van der Waals surface area (Å²) in [6, 6.07) is 1.59. The van der Waals surface area contributed by atoms with Crippen LogP contribution in [0.5, 0.6) is 0 Å². The third-order valence-electron chi connectivity index (χ3n) is 1.95. The van der Waals surface area contributed by atoms with Crippen molar-refractivity contribution in [2.75, 3.05) is 5.73 Å². The first-order valence-corrected chi connectivity index (χ1v) is 4.21. The zero-order valence-corrected chi connectivity index (χ0v) is 8.19. The standard InChI is InChI=1S/C9H13N3O2/c1-9(2,8(13)14)4-6-3-7(10)12-5-11-6/h3,5H,4H2,1-2H3,(H,13,14)(H2,10,11,12). The van der Waals surface area contributed by atoms with E-state index in [4.69, 9.17) is 10.8 Å². The number of nitrogens with zero attached hydrogens (tertiary/aromatic N) is 2. The summed E-state index contributed by atoms with van der Waals surface area (Å²) in [5.74, 6) is -0.495. The van der Waals surface area contributed by atoms with E-state index in [0.29, 0.717) is 17.9 Å². The third kappa shape index (κ3) is 2.42. The summed E-state index contributed by atoms with van der Waals surface area (Å²) in [5, 5.41) is 8.90. The number of anilines is 1. The second-order valence-corrected chi connectivity index (χ2v) is 3.80. The summed E-state index contributed by atoms with van der Waals surface area (Å²) < 4.78 is 0. The van der Waals surface area contributed by atoms with Crippen LogP contribution in [0.3, 0.4) is 0 Å². The van der Waals surface area contributed by atoms with Crippen LogP contribution >= 0.6 is 0 Å². The molecule has 0 saturated carbocycles. The Morgan fingerprint density at radius 2 is 2.21 bits per heavy atom. The molecule has 0 aliphatic rings. The molecular formula is C9H13N3O2. The van der Waals surface area contributed by atoms with Crippen molar-refractivity contribution >= 4 is 11.8 Å². The van der Waals surface area contributed by atoms with Crippen molar-refractivity contribution in [1.29, 1.82) is 0 Å². The Bertz CT molecular complexity index is 350. The van der Waals surface area contributed by atoms with E-state index in [1.165, 1.54) is 6.33 Å². The molecule has 0 aromatic carbocycles. The Morgan fingerprint density at radius 3 is 2.71 bits per heavy atom. The molecule has 1 heterocycles. The van der Waals surface area contributed by atoms with Crippen molar-refractivity contribution in [1.82, 2.24) is 9.97 Å². The fraction of sp³-hybridized carbons (Fsp3) is 0.444. The third-order valence-corrected chi connectivity index (χ3v) is 1.95. The first-order chi connectivity index (χ1) is 6.42. The van der Waals surface area contributed by atoms with Gasteiger partial charge >= 0.3 is 5.97 Å². The molecule has 0 amide bonds. The number of carboxylic acids is 1. The van der Waals surface area contributed by atoms with Gasteiger partial charge in [-0.1, -0.05) is 0 Å². The van der Waals surface area contributed by atoms with Gasteiger partial charge in [0.25, 0.3) is 0 Å². The lowest BCUT2D eigenvalue weighted by atomic mass is 9.88. The average molecular weight is 195 g/mol. The number of carbonyl (C=O) groups is 1. The molecule has 0 atom stereocenters. The van der Waals surface area contributed by atoms with Gasteiger partial charge in [-0.25, -0.2) is 9.97 Å². The summed E-state index contributed by atoms with van der Waals surface area (Å²) in [6.45, 7) is 3.29. The zero-order valence-electron chi connectivity index (χ0n) is 8.19. The van der Waals surface area contributed by atoms with Crippen LogP contribution in [0.2, 0.25) is 0 Å². The van der Waals surface area contributed by atoms with Crippen LogP contribution in [0, 0.1) is 5.41 Å². The van der Waals surface area contributed by atoms with E-state index in [2.05, 4.69) is 9.97 Å². The average Bonchev–Trinajstić information content (AvgIpc) is 2.02. The van der Waals surface area contributed by atoms with Gasteiger partial charge in [0.2, 0.25) is 0 Å². The van der Waals surface area contributed by atoms with E-state index in [0.717, 1.165) is 0 Å². The van der Waals surface area contributed by atoms with Crippen molar-refractivity contribution in [2.45, 2.75) is 20.3 Å². The van der Waals surface area contributed by atoms with Crippen LogP contribution in [0.4, 0.5) is 5.82 Å². The second-order valence-electron chi connectivity index (χ2n) is 3.80. The molecule has 0 fully saturated rings. The molecule has 0 unspecified atom stereocenters. The molecule has 1 rings (SSSR count). The fourth-order valence-corrected chi connectivity index (χ4v) is 1.04. The highest BCUT2D eigenvalue weighted by Crippen LogP contribution is 2.21. The van der Waals surface area contributed by atoms with Gasteiger partial charge in [0.05, 0.1) is 5.41 Å². The summed E-state index contributed by atoms with van der Waals surface area (Å²) >= 11 is 0. The number of aromatic nitrogens is 2. The highest BCUT2D eigenvalue weighted by atomic mass is 16.4. The fourth-order valence-electron chi connectivity index (χ4n) is 1.04. The molecule has 1 aromatic rings. The van der Waals surface area contributed by atoms with Gasteiger partial charge in [0.15, 0.2) is 0 Å². The lowest BCUT2D eigenvalue weighted by molar-refractivity contribution is -0.146. The molecular weight excluding hydrogens is 182 g/mol. The Morgan fingerprint density at radius 1 is 1.57 bits per heavy atom. The van der Waals surface area contributed by atoms with Crippen LogP contribution in [0.1, 0.15) is 19.5 Å². The van der Waals surface area contributed by atoms with Gasteiger partial charge in [0, 0.05) is 18.2 Å². The minimum Gasteiger partial charge on any atom is -0.481 e. The van der Waals surface area contributed by atoms with Crippen molar-refractivity contribution in [2.24, 2.45) is 5.41 Å². The first-order valence-electron chi connectivity index (χ1n) is 4.21. The van der Waals surface area contributed by atoms with Crippen LogP contribution in [-0.2, 0) is 11.2 Å². The van der Waals surface area contributed by atoms with E-state index in [-0.39, 0.29) is 0 Å². The number of rotatable bonds is 3. The number of carboxylic acid groups (broad SMARTS) is 1. The molecule has 0 saturated heterocycles. The number of nitrogen functional groups attached to an aromatic ring is 1. The molecule has 0 bridgehead atoms. The first kappa shape index (κ1) is 10.4. The molecule has 0 radical (unpaired) electrons. The lowest BCUT2D eigenvalue weighted by Gasteiger charge is -2.17. The van der Waals surface area contributed by atoms with Crippen molar-refractivity contribution in [3.63, 3.8) is 0 Å². The molecule has 1 aromatic heterocycles. The number of aliphatic carboxylic acids is 1. The Kier molecular flexibility index (Phi) is 2.69. The van der Waals surface area contributed by atoms with Gasteiger partial charge in [-0.2, -0.15) is 0 Å². The Labute approximate surface area is 82.0 Å². The molecule has 5 heteroatoms. The Hall–Kier alpha value is -1.65. The highest BCUT2D eigenvalue weighted by Gasteiger charge is 2.27.